The maximum Gasteiger partial charge on any atom is -0.0445 e. The summed E-state index contributed by atoms with van der Waals surface area (Å²) in [6.45, 7) is 6.85. The van der Waals surface area contributed by atoms with Crippen LogP contribution in [0.5, 0.6) is 0 Å². The largest absolute Gasteiger partial charge is 0.0776 e. The van der Waals surface area contributed by atoms with E-state index in [1.165, 1.54) is 25.7 Å². The quantitative estimate of drug-likeness (QED) is 0.513. The molecule has 0 radical (unpaired) electrons. The Hall–Kier alpha value is 0. The van der Waals surface area contributed by atoms with Crippen LogP contribution in [0.2, 0.25) is 0 Å². The van der Waals surface area contributed by atoms with Crippen LogP contribution in [0.3, 0.4) is 0 Å². The van der Waals surface area contributed by atoms with Gasteiger partial charge in [-0.2, -0.15) is 0 Å². The van der Waals surface area contributed by atoms with Gasteiger partial charge in [0.15, 0.2) is 0 Å². The second-order valence-electron chi connectivity index (χ2n) is 2.66. The summed E-state index contributed by atoms with van der Waals surface area (Å²) in [6, 6.07) is 0. The third kappa shape index (κ3) is 22.5. The van der Waals surface area contributed by atoms with Crippen LogP contribution in [-0.2, 0) is 0 Å². The Morgan fingerprint density at radius 3 is 1.58 bits per heavy atom. The lowest BCUT2D eigenvalue weighted by molar-refractivity contribution is 0.492. The molecule has 1 unspecified atom stereocenters. The van der Waals surface area contributed by atoms with Gasteiger partial charge in [0.05, 0.1) is 0 Å². The summed E-state index contributed by atoms with van der Waals surface area (Å²) in [4.78, 5) is 0. The van der Waals surface area contributed by atoms with Gasteiger partial charge in [0.2, 0.25) is 0 Å². The molecule has 82 valence electrons. The van der Waals surface area contributed by atoms with Crippen LogP contribution < -0.4 is 0 Å². The first-order valence-corrected chi connectivity index (χ1v) is 3.81. The molecular formula is C12H34. The van der Waals surface area contributed by atoms with E-state index in [0.717, 1.165) is 5.92 Å². The predicted molar refractivity (Wildman–Crippen MR) is 65.9 cm³/mol. The second-order valence-corrected chi connectivity index (χ2v) is 2.66. The highest BCUT2D eigenvalue weighted by molar-refractivity contribution is 4.47. The van der Waals surface area contributed by atoms with Crippen molar-refractivity contribution in [2.75, 3.05) is 0 Å². The molecule has 0 saturated carbocycles. The van der Waals surface area contributed by atoms with Crippen LogP contribution >= 0.6 is 0 Å². The van der Waals surface area contributed by atoms with Crippen molar-refractivity contribution >= 4 is 0 Å². The minimum atomic E-state index is 0. The van der Waals surface area contributed by atoms with Gasteiger partial charge >= 0.3 is 0 Å². The van der Waals surface area contributed by atoms with Gasteiger partial charge in [-0.3, -0.25) is 0 Å². The van der Waals surface area contributed by atoms with E-state index in [-0.39, 0.29) is 29.7 Å². The van der Waals surface area contributed by atoms with Gasteiger partial charge in [-0.1, -0.05) is 76.2 Å². The fourth-order valence-corrected chi connectivity index (χ4v) is 0.757. The van der Waals surface area contributed by atoms with Gasteiger partial charge in [0, 0.05) is 0 Å². The van der Waals surface area contributed by atoms with Gasteiger partial charge in [-0.05, 0) is 5.92 Å². The van der Waals surface area contributed by atoms with Crippen molar-refractivity contribution in [3.63, 3.8) is 0 Å². The molecule has 0 aromatic rings. The standard InChI is InChI=1S/C8H18.4CH4/c1-4-6-7-8(3)5-2;;;;/h8H,4-7H2,1-3H3;4*1H4. The molecule has 0 amide bonds. The fourth-order valence-electron chi connectivity index (χ4n) is 0.757. The van der Waals surface area contributed by atoms with Crippen molar-refractivity contribution in [1.82, 2.24) is 0 Å². The predicted octanol–water partition coefficient (Wildman–Crippen LogP) is 5.77. The molecular weight excluding hydrogens is 144 g/mol. The zero-order valence-electron chi connectivity index (χ0n) is 6.41. The Morgan fingerprint density at radius 1 is 0.917 bits per heavy atom. The van der Waals surface area contributed by atoms with Crippen LogP contribution in [0.1, 0.15) is 76.2 Å². The number of rotatable bonds is 4. The van der Waals surface area contributed by atoms with Crippen molar-refractivity contribution in [3.05, 3.63) is 0 Å². The molecule has 0 bridgehead atoms. The molecule has 0 fully saturated rings. The van der Waals surface area contributed by atoms with Crippen LogP contribution in [0.4, 0.5) is 0 Å². The molecule has 0 aliphatic heterocycles. The Bertz CT molecular complexity index is 39.3. The van der Waals surface area contributed by atoms with Crippen molar-refractivity contribution < 1.29 is 0 Å². The van der Waals surface area contributed by atoms with Crippen LogP contribution in [0.15, 0.2) is 0 Å². The lowest BCUT2D eigenvalue weighted by Crippen LogP contribution is -1.89. The molecule has 0 aromatic carbocycles. The molecule has 1 atom stereocenters. The smallest absolute Gasteiger partial charge is 0.0445 e. The van der Waals surface area contributed by atoms with Crippen molar-refractivity contribution in [2.24, 2.45) is 5.92 Å². The average molecular weight is 178 g/mol. The molecule has 0 N–H and O–H groups in total. The van der Waals surface area contributed by atoms with Crippen molar-refractivity contribution in [1.29, 1.82) is 0 Å². The van der Waals surface area contributed by atoms with Crippen molar-refractivity contribution in [2.45, 2.75) is 76.2 Å². The summed E-state index contributed by atoms with van der Waals surface area (Å²) < 4.78 is 0. The van der Waals surface area contributed by atoms with E-state index in [4.69, 9.17) is 0 Å². The molecule has 0 aliphatic carbocycles. The Labute approximate surface area is 82.8 Å². The Morgan fingerprint density at radius 2 is 1.33 bits per heavy atom. The van der Waals surface area contributed by atoms with Crippen LogP contribution in [-0.4, -0.2) is 0 Å². The topological polar surface area (TPSA) is 0 Å². The van der Waals surface area contributed by atoms with E-state index < -0.39 is 0 Å². The van der Waals surface area contributed by atoms with E-state index in [9.17, 15) is 0 Å². The third-order valence-corrected chi connectivity index (χ3v) is 1.75. The van der Waals surface area contributed by atoms with Gasteiger partial charge in [-0.25, -0.2) is 0 Å². The van der Waals surface area contributed by atoms with E-state index in [2.05, 4.69) is 20.8 Å². The monoisotopic (exact) mass is 178 g/mol. The Kier molecular flexibility index (Phi) is 55.4. The molecule has 0 spiro atoms. The second kappa shape index (κ2) is 22.4. The first kappa shape index (κ1) is 29.6. The van der Waals surface area contributed by atoms with Crippen LogP contribution in [0.25, 0.3) is 0 Å². The molecule has 0 nitrogen and oxygen atoms in total. The van der Waals surface area contributed by atoms with Crippen molar-refractivity contribution in [3.8, 4) is 0 Å². The lowest BCUT2D eigenvalue weighted by Gasteiger charge is -2.04. The summed E-state index contributed by atoms with van der Waals surface area (Å²) >= 11 is 0. The molecule has 0 heterocycles. The number of hydrogen-bond acceptors (Lipinski definition) is 0. The number of unbranched alkanes of at least 4 members (excludes halogenated alkanes) is 1. The first-order chi connectivity index (χ1) is 3.81. The minimum Gasteiger partial charge on any atom is -0.0776 e. The van der Waals surface area contributed by atoms with Gasteiger partial charge in [-0.15, -0.1) is 0 Å². The number of hydrogen-bond donors (Lipinski definition) is 0. The molecule has 0 aliphatic rings. The maximum atomic E-state index is 2.33. The summed E-state index contributed by atoms with van der Waals surface area (Å²) in [5.41, 5.74) is 0. The highest BCUT2D eigenvalue weighted by Gasteiger charge is 1.94. The molecule has 0 aromatic heterocycles. The third-order valence-electron chi connectivity index (χ3n) is 1.75. The molecule has 12 heavy (non-hydrogen) atoms. The summed E-state index contributed by atoms with van der Waals surface area (Å²) in [7, 11) is 0. The minimum absolute atomic E-state index is 0. The highest BCUT2D eigenvalue weighted by Crippen LogP contribution is 2.09. The van der Waals surface area contributed by atoms with Gasteiger partial charge < -0.3 is 0 Å². The van der Waals surface area contributed by atoms with E-state index in [0.29, 0.717) is 0 Å². The van der Waals surface area contributed by atoms with Gasteiger partial charge in [0.1, 0.15) is 0 Å². The highest BCUT2D eigenvalue weighted by atomic mass is 14.0. The maximum absolute atomic E-state index is 2.33. The van der Waals surface area contributed by atoms with E-state index in [1.54, 1.807) is 0 Å². The zero-order chi connectivity index (χ0) is 6.41. The summed E-state index contributed by atoms with van der Waals surface area (Å²) in [5.74, 6) is 0.954. The summed E-state index contributed by atoms with van der Waals surface area (Å²) in [5, 5.41) is 0. The first-order valence-electron chi connectivity index (χ1n) is 3.81. The van der Waals surface area contributed by atoms with E-state index in [1.807, 2.05) is 0 Å². The normalized spacial score (nSPS) is 9.25. The van der Waals surface area contributed by atoms with Gasteiger partial charge in [0.25, 0.3) is 0 Å². The summed E-state index contributed by atoms with van der Waals surface area (Å²) in [6.07, 6.45) is 5.53. The molecule has 0 rings (SSSR count). The SMILES string of the molecule is C.C.C.C.CCCCC(C)CC. The van der Waals surface area contributed by atoms with Crippen LogP contribution in [0, 0.1) is 5.92 Å². The molecule has 0 heteroatoms. The van der Waals surface area contributed by atoms with E-state index >= 15 is 0 Å². The lowest BCUT2D eigenvalue weighted by atomic mass is 10.0. The average Bonchev–Trinajstić information content (AvgIpc) is 1.83. The molecule has 0 saturated heterocycles. The fraction of sp³-hybridized carbons (Fsp3) is 1.00. The zero-order valence-corrected chi connectivity index (χ0v) is 6.41. The Balaban J connectivity index is -0.0000000408.